The van der Waals surface area contributed by atoms with Crippen molar-refractivity contribution in [3.8, 4) is 0 Å². The zero-order valence-electron chi connectivity index (χ0n) is 43.9. The maximum Gasteiger partial charge on any atom is 0.0781 e. The number of rotatable bonds is 0. The molecule has 0 aromatic carbocycles. The fourth-order valence-electron chi connectivity index (χ4n) is 14.3. The Labute approximate surface area is 426 Å². The van der Waals surface area contributed by atoms with Gasteiger partial charge in [0.05, 0.1) is 38.1 Å². The van der Waals surface area contributed by atoms with E-state index >= 15 is 0 Å². The first kappa shape index (κ1) is 71.1. The van der Waals surface area contributed by atoms with Gasteiger partial charge in [0, 0.05) is 13.2 Å². The van der Waals surface area contributed by atoms with Crippen molar-refractivity contribution >= 4 is 0 Å². The van der Waals surface area contributed by atoms with Crippen molar-refractivity contribution in [3.63, 3.8) is 0 Å². The third-order valence-corrected chi connectivity index (χ3v) is 18.7. The Kier molecular flexibility index (Phi) is 34.1. The monoisotopic (exact) mass is 953 g/mol. The molecule has 67 heavy (non-hydrogen) atoms. The molecular weight excluding hydrogens is 821 g/mol. The lowest BCUT2D eigenvalue weighted by atomic mass is 9.54. The molecule has 3 saturated heterocycles. The highest BCUT2D eigenvalue weighted by Gasteiger charge is 2.56. The molecule has 0 radical (unpaired) electrons. The van der Waals surface area contributed by atoms with Gasteiger partial charge in [0.2, 0.25) is 0 Å². The van der Waals surface area contributed by atoms with Crippen LogP contribution < -0.4 is 0 Å². The Morgan fingerprint density at radius 3 is 1.24 bits per heavy atom. The molecule has 6 bridgehead atoms. The lowest BCUT2D eigenvalue weighted by Gasteiger charge is -2.51. The largest absolute Gasteiger partial charge is 0.379 e. The summed E-state index contributed by atoms with van der Waals surface area (Å²) >= 11 is 0. The van der Waals surface area contributed by atoms with Crippen LogP contribution in [0.25, 0.3) is 0 Å². The van der Waals surface area contributed by atoms with Gasteiger partial charge < -0.3 is 18.9 Å². The molecule has 10 rings (SSSR count). The summed E-state index contributed by atoms with van der Waals surface area (Å²) < 4.78 is 20.6. The SMILES string of the molecule is C.C.C.C.C.C.CC1(C)CC2CCC1C2.CC1(C)CC2CCC1C2(C)C.CC1(C)CCCCC1.CC1CC2CC(C)C(C)(C)C(C1)C2.CC1CCCCO1.CC1CCCO1.CC1COCCO1. The van der Waals surface area contributed by atoms with Gasteiger partial charge in [-0.2, -0.15) is 0 Å². The number of fused-ring (bicyclic) bond motifs is 6. The predicted molar refractivity (Wildman–Crippen MR) is 303 cm³/mol. The second kappa shape index (κ2) is 32.1. The Bertz CT molecular complexity index is 1170. The summed E-state index contributed by atoms with van der Waals surface area (Å²) in [5, 5.41) is 0. The first-order valence-electron chi connectivity index (χ1n) is 26.9. The first-order chi connectivity index (χ1) is 28.5. The molecule has 0 amide bonds. The molecule has 11 unspecified atom stereocenters. The minimum atomic E-state index is 0. The molecule has 0 N–H and O–H groups in total. The first-order valence-corrected chi connectivity index (χ1v) is 26.9. The third kappa shape index (κ3) is 22.7. The van der Waals surface area contributed by atoms with Gasteiger partial charge in [-0.1, -0.05) is 153 Å². The molecule has 3 aliphatic heterocycles. The number of hydrogen-bond donors (Lipinski definition) is 0. The van der Waals surface area contributed by atoms with Gasteiger partial charge in [0.15, 0.2) is 0 Å². The predicted octanol–water partition coefficient (Wildman–Crippen LogP) is 20.4. The van der Waals surface area contributed by atoms with Gasteiger partial charge in [-0.05, 0) is 204 Å². The molecule has 408 valence electrons. The second-order valence-electron chi connectivity index (χ2n) is 26.2. The topological polar surface area (TPSA) is 36.9 Å². The van der Waals surface area contributed by atoms with Crippen LogP contribution in [0.1, 0.15) is 283 Å². The van der Waals surface area contributed by atoms with Crippen LogP contribution in [0.5, 0.6) is 0 Å². The normalized spacial score (nSPS) is 36.3. The molecule has 3 heterocycles. The average molecular weight is 954 g/mol. The van der Waals surface area contributed by atoms with Gasteiger partial charge in [0.1, 0.15) is 0 Å². The molecule has 0 aromatic rings. The Morgan fingerprint density at radius 2 is 0.940 bits per heavy atom. The highest BCUT2D eigenvalue weighted by Crippen LogP contribution is 2.65. The Hall–Kier alpha value is -0.160. The van der Waals surface area contributed by atoms with Crippen molar-refractivity contribution in [2.75, 3.05) is 33.0 Å². The van der Waals surface area contributed by atoms with Crippen molar-refractivity contribution < 1.29 is 18.9 Å². The van der Waals surface area contributed by atoms with Crippen LogP contribution >= 0.6 is 0 Å². The minimum Gasteiger partial charge on any atom is -0.379 e. The molecule has 10 aliphatic rings. The van der Waals surface area contributed by atoms with Gasteiger partial charge in [-0.3, -0.25) is 0 Å². The molecule has 0 aromatic heterocycles. The van der Waals surface area contributed by atoms with Crippen molar-refractivity contribution in [2.45, 2.75) is 302 Å². The van der Waals surface area contributed by atoms with E-state index in [1.165, 1.54) is 128 Å². The summed E-state index contributed by atoms with van der Waals surface area (Å²) in [6, 6.07) is 0. The maximum atomic E-state index is 5.28. The standard InChI is InChI=1S/C13H24.C11H20.C9H16.C8H16.C6H12O.C5H10O2.C5H10O.6CH4/c1-9-5-11-7-10(2)13(3,4)12(6-9)8-11;1-10(2)7-8-5-6-9(10)11(8,3)4;1-9(2)6-7-3-4-8(9)5-7;1-8(2)6-4-3-5-7-8;1-6-4-2-3-5-7-6;1-5-4-6-2-3-7-5;1-5-3-2-4-6-5;;;;;;/h9-12H,5-8H2,1-4H3;8-9H,5-7H2,1-4H3;7-8H,3-6H2,1-2H3;3-7H2,1-2H3;6H,2-5H2,1H3;5H,2-4H2,1H3;5H,2-4H2,1H3;6*1H4. The van der Waals surface area contributed by atoms with E-state index in [0.717, 1.165) is 80.4 Å². The average Bonchev–Trinajstić information content (AvgIpc) is 4.00. The minimum absolute atomic E-state index is 0. The van der Waals surface area contributed by atoms with Gasteiger partial charge in [-0.15, -0.1) is 0 Å². The van der Waals surface area contributed by atoms with Crippen molar-refractivity contribution in [1.29, 1.82) is 0 Å². The smallest absolute Gasteiger partial charge is 0.0781 e. The van der Waals surface area contributed by atoms with Crippen LogP contribution in [-0.4, -0.2) is 51.3 Å². The molecule has 11 atom stereocenters. The quantitative estimate of drug-likeness (QED) is 0.242. The molecule has 0 spiro atoms. The van der Waals surface area contributed by atoms with E-state index in [1.807, 2.05) is 6.92 Å². The zero-order chi connectivity index (χ0) is 45.1. The summed E-state index contributed by atoms with van der Waals surface area (Å²) in [5.74, 6) is 8.26. The molecule has 4 heteroatoms. The summed E-state index contributed by atoms with van der Waals surface area (Å²) in [4.78, 5) is 0. The van der Waals surface area contributed by atoms with E-state index in [2.05, 4.69) is 96.9 Å². The van der Waals surface area contributed by atoms with Gasteiger partial charge >= 0.3 is 0 Å². The van der Waals surface area contributed by atoms with E-state index < -0.39 is 0 Å². The lowest BCUT2D eigenvalue weighted by Crippen LogP contribution is -2.42. The van der Waals surface area contributed by atoms with E-state index in [0.29, 0.717) is 45.4 Å². The molecular formula is C63H132O4. The fourth-order valence-corrected chi connectivity index (χ4v) is 14.3. The van der Waals surface area contributed by atoms with Crippen molar-refractivity contribution in [1.82, 2.24) is 0 Å². The van der Waals surface area contributed by atoms with E-state index in [4.69, 9.17) is 18.9 Å². The molecule has 7 aliphatic carbocycles. The fraction of sp³-hybridized carbons (Fsp3) is 1.00. The van der Waals surface area contributed by atoms with Crippen LogP contribution in [0.3, 0.4) is 0 Å². The van der Waals surface area contributed by atoms with Crippen molar-refractivity contribution in [2.24, 2.45) is 74.4 Å². The third-order valence-electron chi connectivity index (χ3n) is 18.7. The zero-order valence-corrected chi connectivity index (χ0v) is 43.9. The Balaban J connectivity index is -0.000000712. The second-order valence-corrected chi connectivity index (χ2v) is 26.2. The van der Waals surface area contributed by atoms with E-state index in [-0.39, 0.29) is 44.6 Å². The highest BCUT2D eigenvalue weighted by molar-refractivity contribution is 5.06. The Morgan fingerprint density at radius 1 is 0.388 bits per heavy atom. The van der Waals surface area contributed by atoms with Gasteiger partial charge in [-0.25, -0.2) is 0 Å². The van der Waals surface area contributed by atoms with Crippen LogP contribution in [-0.2, 0) is 18.9 Å². The van der Waals surface area contributed by atoms with Crippen molar-refractivity contribution in [3.05, 3.63) is 0 Å². The number of ether oxygens (including phenoxy) is 4. The molecule has 7 saturated carbocycles. The van der Waals surface area contributed by atoms with E-state index in [9.17, 15) is 0 Å². The lowest BCUT2D eigenvalue weighted by molar-refractivity contribution is -0.0797. The van der Waals surface area contributed by atoms with Crippen LogP contribution in [0.4, 0.5) is 0 Å². The summed E-state index contributed by atoms with van der Waals surface area (Å²) in [5.41, 5.74) is 3.31. The maximum absolute atomic E-state index is 5.28. The van der Waals surface area contributed by atoms with Crippen LogP contribution in [0.15, 0.2) is 0 Å². The van der Waals surface area contributed by atoms with Gasteiger partial charge in [0.25, 0.3) is 0 Å². The molecule has 10 fully saturated rings. The summed E-state index contributed by atoms with van der Waals surface area (Å²) in [7, 11) is 0. The summed E-state index contributed by atoms with van der Waals surface area (Å²) in [6.45, 7) is 40.0. The highest BCUT2D eigenvalue weighted by atomic mass is 16.6. The summed E-state index contributed by atoms with van der Waals surface area (Å²) in [6.07, 6.45) is 31.7. The van der Waals surface area contributed by atoms with Crippen LogP contribution in [0.2, 0.25) is 0 Å². The van der Waals surface area contributed by atoms with Crippen LogP contribution in [0, 0.1) is 74.4 Å². The van der Waals surface area contributed by atoms with E-state index in [1.54, 1.807) is 6.42 Å². The number of hydrogen-bond acceptors (Lipinski definition) is 4. The molecule has 4 nitrogen and oxygen atoms in total.